The van der Waals surface area contributed by atoms with Crippen LogP contribution in [0.15, 0.2) is 42.5 Å². The van der Waals surface area contributed by atoms with Crippen LogP contribution >= 0.6 is 0 Å². The van der Waals surface area contributed by atoms with E-state index in [9.17, 15) is 10.2 Å². The number of phenolic OH excluding ortho intramolecular Hbond substituents is 2. The zero-order valence-electron chi connectivity index (χ0n) is 10.1. The summed E-state index contributed by atoms with van der Waals surface area (Å²) in [5, 5.41) is 22.2. The van der Waals surface area contributed by atoms with Gasteiger partial charge in [-0.1, -0.05) is 18.2 Å². The predicted molar refractivity (Wildman–Crippen MR) is 70.1 cm³/mol. The normalized spacial score (nSPS) is 10.1. The maximum absolute atomic E-state index is 9.66. The molecule has 0 saturated carbocycles. The molecule has 0 fully saturated rings. The first kappa shape index (κ1) is 12.1. The Kier molecular flexibility index (Phi) is 3.57. The summed E-state index contributed by atoms with van der Waals surface area (Å²) >= 11 is 0. The molecule has 2 aromatic rings. The lowest BCUT2D eigenvalue weighted by Gasteiger charge is -2.10. The summed E-state index contributed by atoms with van der Waals surface area (Å²) in [4.78, 5) is 0. The van der Waals surface area contributed by atoms with Crippen LogP contribution in [0, 0.1) is 0 Å². The second-order valence-electron chi connectivity index (χ2n) is 3.87. The average molecular weight is 245 g/mol. The number of hydrogen-bond donors (Lipinski definition) is 3. The fourth-order valence-corrected chi connectivity index (χ4v) is 1.65. The van der Waals surface area contributed by atoms with Crippen LogP contribution in [0.3, 0.4) is 0 Å². The third-order valence-corrected chi connectivity index (χ3v) is 2.65. The van der Waals surface area contributed by atoms with Crippen molar-refractivity contribution in [3.8, 4) is 17.2 Å². The van der Waals surface area contributed by atoms with Gasteiger partial charge in [-0.15, -0.1) is 0 Å². The summed E-state index contributed by atoms with van der Waals surface area (Å²) in [7, 11) is 1.61. The molecule has 0 atom stereocenters. The zero-order valence-corrected chi connectivity index (χ0v) is 10.1. The molecule has 0 aliphatic carbocycles. The maximum atomic E-state index is 9.66. The molecular weight excluding hydrogens is 230 g/mol. The van der Waals surface area contributed by atoms with E-state index in [0.29, 0.717) is 12.1 Å². The number of ether oxygens (including phenoxy) is 1. The van der Waals surface area contributed by atoms with Crippen molar-refractivity contribution in [3.63, 3.8) is 0 Å². The number of methoxy groups -OCH3 is 1. The molecule has 0 heterocycles. The Morgan fingerprint density at radius 2 is 1.89 bits per heavy atom. The van der Waals surface area contributed by atoms with Gasteiger partial charge in [0, 0.05) is 23.9 Å². The van der Waals surface area contributed by atoms with E-state index in [1.807, 2.05) is 24.3 Å². The number of phenols is 2. The highest BCUT2D eigenvalue weighted by Gasteiger charge is 2.05. The quantitative estimate of drug-likeness (QED) is 0.725. The van der Waals surface area contributed by atoms with Crippen molar-refractivity contribution in [2.75, 3.05) is 12.4 Å². The standard InChI is InChI=1S/C14H15NO3/c1-18-12-6-3-5-11(8-12)15-9-10-4-2-7-13(16)14(10)17/h2-8,15-17H,9H2,1H3. The van der Waals surface area contributed by atoms with E-state index in [1.54, 1.807) is 19.2 Å². The highest BCUT2D eigenvalue weighted by Crippen LogP contribution is 2.28. The monoisotopic (exact) mass is 245 g/mol. The highest BCUT2D eigenvalue weighted by atomic mass is 16.5. The van der Waals surface area contributed by atoms with E-state index in [-0.39, 0.29) is 11.5 Å². The number of rotatable bonds is 4. The van der Waals surface area contributed by atoms with E-state index < -0.39 is 0 Å². The summed E-state index contributed by atoms with van der Waals surface area (Å²) < 4.78 is 5.12. The Labute approximate surface area is 105 Å². The Bertz CT molecular complexity index is 540. The smallest absolute Gasteiger partial charge is 0.162 e. The van der Waals surface area contributed by atoms with Crippen LogP contribution in [-0.2, 0) is 6.54 Å². The molecule has 0 radical (unpaired) electrons. The molecular formula is C14H15NO3. The lowest BCUT2D eigenvalue weighted by Crippen LogP contribution is -1.99. The summed E-state index contributed by atoms with van der Waals surface area (Å²) in [6.07, 6.45) is 0. The van der Waals surface area contributed by atoms with Crippen molar-refractivity contribution >= 4 is 5.69 Å². The second-order valence-corrected chi connectivity index (χ2v) is 3.87. The lowest BCUT2D eigenvalue weighted by molar-refractivity contribution is 0.400. The van der Waals surface area contributed by atoms with Crippen molar-refractivity contribution < 1.29 is 14.9 Å². The molecule has 2 aromatic carbocycles. The van der Waals surface area contributed by atoms with Gasteiger partial charge in [0.2, 0.25) is 0 Å². The van der Waals surface area contributed by atoms with E-state index in [2.05, 4.69) is 5.32 Å². The van der Waals surface area contributed by atoms with Gasteiger partial charge in [-0.05, 0) is 18.2 Å². The van der Waals surface area contributed by atoms with Gasteiger partial charge in [-0.3, -0.25) is 0 Å². The lowest BCUT2D eigenvalue weighted by atomic mass is 10.2. The van der Waals surface area contributed by atoms with Crippen LogP contribution in [0.1, 0.15) is 5.56 Å². The van der Waals surface area contributed by atoms with Crippen LogP contribution in [0.2, 0.25) is 0 Å². The number of hydrogen-bond acceptors (Lipinski definition) is 4. The zero-order chi connectivity index (χ0) is 13.0. The van der Waals surface area contributed by atoms with Gasteiger partial charge < -0.3 is 20.3 Å². The van der Waals surface area contributed by atoms with Gasteiger partial charge in [-0.2, -0.15) is 0 Å². The largest absolute Gasteiger partial charge is 0.504 e. The third-order valence-electron chi connectivity index (χ3n) is 2.65. The number of benzene rings is 2. The molecule has 0 spiro atoms. The predicted octanol–water partition coefficient (Wildman–Crippen LogP) is 2.72. The number of anilines is 1. The van der Waals surface area contributed by atoms with Gasteiger partial charge in [0.1, 0.15) is 5.75 Å². The van der Waals surface area contributed by atoms with Crippen molar-refractivity contribution in [3.05, 3.63) is 48.0 Å². The third kappa shape index (κ3) is 2.66. The Morgan fingerprint density at radius 3 is 2.67 bits per heavy atom. The highest BCUT2D eigenvalue weighted by molar-refractivity contribution is 5.51. The van der Waals surface area contributed by atoms with Crippen molar-refractivity contribution in [2.45, 2.75) is 6.54 Å². The molecule has 0 aromatic heterocycles. The van der Waals surface area contributed by atoms with Crippen molar-refractivity contribution in [1.82, 2.24) is 0 Å². The maximum Gasteiger partial charge on any atom is 0.162 e. The van der Waals surface area contributed by atoms with Crippen molar-refractivity contribution in [1.29, 1.82) is 0 Å². The molecule has 4 heteroatoms. The minimum absolute atomic E-state index is 0.0899. The average Bonchev–Trinajstić information content (AvgIpc) is 2.41. The summed E-state index contributed by atoms with van der Waals surface area (Å²) in [5.41, 5.74) is 1.52. The Balaban J connectivity index is 2.09. The van der Waals surface area contributed by atoms with Crippen LogP contribution in [0.4, 0.5) is 5.69 Å². The van der Waals surface area contributed by atoms with Crippen LogP contribution in [-0.4, -0.2) is 17.3 Å². The first-order valence-corrected chi connectivity index (χ1v) is 5.58. The van der Waals surface area contributed by atoms with E-state index in [0.717, 1.165) is 11.4 Å². The second kappa shape index (κ2) is 5.31. The first-order valence-electron chi connectivity index (χ1n) is 5.58. The molecule has 3 N–H and O–H groups in total. The summed E-state index contributed by atoms with van der Waals surface area (Å²) in [5.74, 6) is 0.563. The summed E-state index contributed by atoms with van der Waals surface area (Å²) in [6, 6.07) is 12.4. The van der Waals surface area contributed by atoms with E-state index >= 15 is 0 Å². The molecule has 0 unspecified atom stereocenters. The minimum Gasteiger partial charge on any atom is -0.504 e. The molecule has 0 amide bonds. The number of aromatic hydroxyl groups is 2. The molecule has 94 valence electrons. The van der Waals surface area contributed by atoms with Gasteiger partial charge in [0.15, 0.2) is 11.5 Å². The molecule has 2 rings (SSSR count). The Morgan fingerprint density at radius 1 is 1.11 bits per heavy atom. The van der Waals surface area contributed by atoms with Gasteiger partial charge in [0.25, 0.3) is 0 Å². The SMILES string of the molecule is COc1cccc(NCc2cccc(O)c2O)c1. The van der Waals surface area contributed by atoms with Gasteiger partial charge in [-0.25, -0.2) is 0 Å². The van der Waals surface area contributed by atoms with Crippen molar-refractivity contribution in [2.24, 2.45) is 0 Å². The molecule has 0 aliphatic heterocycles. The van der Waals surface area contributed by atoms with Gasteiger partial charge in [0.05, 0.1) is 7.11 Å². The molecule has 0 bridgehead atoms. The number of nitrogens with one attached hydrogen (secondary N) is 1. The van der Waals surface area contributed by atoms with Crippen LogP contribution < -0.4 is 10.1 Å². The first-order chi connectivity index (χ1) is 8.70. The van der Waals surface area contributed by atoms with Crippen LogP contribution in [0.5, 0.6) is 17.2 Å². The minimum atomic E-state index is -0.111. The topological polar surface area (TPSA) is 61.7 Å². The molecule has 0 saturated heterocycles. The molecule has 0 aliphatic rings. The number of para-hydroxylation sites is 1. The van der Waals surface area contributed by atoms with Crippen LogP contribution in [0.25, 0.3) is 0 Å². The van der Waals surface area contributed by atoms with Gasteiger partial charge >= 0.3 is 0 Å². The molecule has 18 heavy (non-hydrogen) atoms. The Hall–Kier alpha value is -2.36. The molecule has 4 nitrogen and oxygen atoms in total. The summed E-state index contributed by atoms with van der Waals surface area (Å²) in [6.45, 7) is 0.424. The fourth-order valence-electron chi connectivity index (χ4n) is 1.65. The fraction of sp³-hybridized carbons (Fsp3) is 0.143. The van der Waals surface area contributed by atoms with E-state index in [1.165, 1.54) is 6.07 Å². The van der Waals surface area contributed by atoms with E-state index in [4.69, 9.17) is 4.74 Å².